The largest absolute Gasteiger partial charge is 0.370 e. The highest BCUT2D eigenvalue weighted by atomic mass is 15.3. The summed E-state index contributed by atoms with van der Waals surface area (Å²) in [5.41, 5.74) is 8.64. The maximum absolute atomic E-state index is 5.98. The molecule has 1 unspecified atom stereocenters. The molecule has 0 saturated carbocycles. The molecule has 1 atom stereocenters. The molecular formula is C14H21N3. The van der Waals surface area contributed by atoms with Crippen molar-refractivity contribution in [2.24, 2.45) is 16.6 Å². The molecule has 1 aliphatic heterocycles. The number of benzene rings is 1. The summed E-state index contributed by atoms with van der Waals surface area (Å²) in [5.74, 6) is 1.28. The average molecular weight is 231 g/mol. The summed E-state index contributed by atoms with van der Waals surface area (Å²) in [4.78, 5) is 6.62. The number of nitrogens with two attached hydrogens (primary N) is 1. The number of guanidine groups is 1. The lowest BCUT2D eigenvalue weighted by atomic mass is 10.00. The van der Waals surface area contributed by atoms with Gasteiger partial charge in [0.1, 0.15) is 0 Å². The average Bonchev–Trinajstić information content (AvgIpc) is 2.61. The third kappa shape index (κ3) is 2.43. The van der Waals surface area contributed by atoms with Gasteiger partial charge in [0.2, 0.25) is 0 Å². The van der Waals surface area contributed by atoms with Crippen molar-refractivity contribution in [1.29, 1.82) is 0 Å². The summed E-state index contributed by atoms with van der Waals surface area (Å²) in [7, 11) is 0. The zero-order chi connectivity index (χ0) is 12.4. The molecule has 1 heterocycles. The Bertz CT molecular complexity index is 423. The minimum atomic E-state index is 0.318. The SMILES string of the molecule is Cc1ccccc1C1CN=C(N)N1CC(C)C. The quantitative estimate of drug-likeness (QED) is 0.867. The normalized spacial score (nSPS) is 19.9. The van der Waals surface area contributed by atoms with Gasteiger partial charge in [0.05, 0.1) is 12.6 Å². The molecule has 17 heavy (non-hydrogen) atoms. The van der Waals surface area contributed by atoms with Crippen LogP contribution >= 0.6 is 0 Å². The summed E-state index contributed by atoms with van der Waals surface area (Å²) >= 11 is 0. The molecule has 0 radical (unpaired) electrons. The van der Waals surface area contributed by atoms with Gasteiger partial charge >= 0.3 is 0 Å². The summed E-state index contributed by atoms with van der Waals surface area (Å²) in [6, 6.07) is 8.81. The minimum Gasteiger partial charge on any atom is -0.370 e. The number of hydrogen-bond donors (Lipinski definition) is 1. The minimum absolute atomic E-state index is 0.318. The fourth-order valence-electron chi connectivity index (χ4n) is 2.37. The molecule has 0 aliphatic carbocycles. The van der Waals surface area contributed by atoms with Crippen LogP contribution in [0, 0.1) is 12.8 Å². The molecule has 0 fully saturated rings. The Morgan fingerprint density at radius 2 is 2.12 bits per heavy atom. The lowest BCUT2D eigenvalue weighted by Crippen LogP contribution is -2.38. The van der Waals surface area contributed by atoms with E-state index < -0.39 is 0 Å². The molecule has 2 N–H and O–H groups in total. The Morgan fingerprint density at radius 3 is 2.76 bits per heavy atom. The van der Waals surface area contributed by atoms with Crippen LogP contribution in [0.5, 0.6) is 0 Å². The van der Waals surface area contributed by atoms with E-state index in [-0.39, 0.29) is 0 Å². The van der Waals surface area contributed by atoms with Gasteiger partial charge in [-0.05, 0) is 24.0 Å². The van der Waals surface area contributed by atoms with Gasteiger partial charge in [-0.2, -0.15) is 0 Å². The molecule has 1 aliphatic rings. The summed E-state index contributed by atoms with van der Waals surface area (Å²) in [6.07, 6.45) is 0. The van der Waals surface area contributed by atoms with Crippen molar-refractivity contribution in [2.75, 3.05) is 13.1 Å². The standard InChI is InChI=1S/C14H21N3/c1-10(2)9-17-13(8-16-14(17)15)12-7-5-4-6-11(12)3/h4-7,10,13H,8-9H2,1-3H3,(H2,15,16). The smallest absolute Gasteiger partial charge is 0.191 e. The number of rotatable bonds is 3. The molecule has 2 rings (SSSR count). The maximum Gasteiger partial charge on any atom is 0.191 e. The van der Waals surface area contributed by atoms with E-state index in [0.717, 1.165) is 13.1 Å². The molecule has 1 aromatic carbocycles. The van der Waals surface area contributed by atoms with Gasteiger partial charge in [-0.1, -0.05) is 38.1 Å². The van der Waals surface area contributed by atoms with E-state index >= 15 is 0 Å². The third-order valence-corrected chi connectivity index (χ3v) is 3.21. The van der Waals surface area contributed by atoms with E-state index in [2.05, 4.69) is 54.9 Å². The molecule has 3 nitrogen and oxygen atoms in total. The summed E-state index contributed by atoms with van der Waals surface area (Å²) < 4.78 is 0. The van der Waals surface area contributed by atoms with Crippen molar-refractivity contribution in [1.82, 2.24) is 4.90 Å². The Morgan fingerprint density at radius 1 is 1.41 bits per heavy atom. The molecule has 0 amide bonds. The zero-order valence-corrected chi connectivity index (χ0v) is 10.9. The van der Waals surface area contributed by atoms with Crippen LogP contribution in [-0.4, -0.2) is 23.9 Å². The molecule has 0 saturated heterocycles. The van der Waals surface area contributed by atoms with Crippen molar-refractivity contribution in [2.45, 2.75) is 26.8 Å². The van der Waals surface area contributed by atoms with E-state index in [1.54, 1.807) is 0 Å². The van der Waals surface area contributed by atoms with Crippen LogP contribution in [0.1, 0.15) is 31.0 Å². The van der Waals surface area contributed by atoms with Gasteiger partial charge in [0.15, 0.2) is 5.96 Å². The Kier molecular flexibility index (Phi) is 3.36. The zero-order valence-electron chi connectivity index (χ0n) is 10.9. The highest BCUT2D eigenvalue weighted by molar-refractivity contribution is 5.80. The topological polar surface area (TPSA) is 41.6 Å². The first kappa shape index (κ1) is 12.0. The van der Waals surface area contributed by atoms with Gasteiger partial charge in [-0.3, -0.25) is 4.99 Å². The van der Waals surface area contributed by atoms with Gasteiger partial charge in [-0.25, -0.2) is 0 Å². The van der Waals surface area contributed by atoms with Crippen molar-refractivity contribution < 1.29 is 0 Å². The highest BCUT2D eigenvalue weighted by Gasteiger charge is 2.28. The first-order chi connectivity index (χ1) is 8.09. The van der Waals surface area contributed by atoms with Gasteiger partial charge in [-0.15, -0.1) is 0 Å². The third-order valence-electron chi connectivity index (χ3n) is 3.21. The van der Waals surface area contributed by atoms with E-state index in [1.807, 2.05) is 0 Å². The predicted molar refractivity (Wildman–Crippen MR) is 72.0 cm³/mol. The van der Waals surface area contributed by atoms with Gasteiger partial charge < -0.3 is 10.6 Å². The summed E-state index contributed by atoms with van der Waals surface area (Å²) in [5, 5.41) is 0. The molecule has 3 heteroatoms. The molecule has 0 bridgehead atoms. The van der Waals surface area contributed by atoms with Gasteiger partial charge in [0, 0.05) is 6.54 Å². The fraction of sp³-hybridized carbons (Fsp3) is 0.500. The Hall–Kier alpha value is -1.51. The molecular weight excluding hydrogens is 210 g/mol. The van der Waals surface area contributed by atoms with Crippen molar-refractivity contribution >= 4 is 5.96 Å². The van der Waals surface area contributed by atoms with E-state index in [9.17, 15) is 0 Å². The number of nitrogens with zero attached hydrogens (tertiary/aromatic N) is 2. The van der Waals surface area contributed by atoms with Crippen molar-refractivity contribution in [3.05, 3.63) is 35.4 Å². The second-order valence-corrected chi connectivity index (χ2v) is 5.12. The monoisotopic (exact) mass is 231 g/mol. The molecule has 1 aromatic rings. The van der Waals surface area contributed by atoms with Crippen LogP contribution in [0.2, 0.25) is 0 Å². The predicted octanol–water partition coefficient (Wildman–Crippen LogP) is 2.32. The second-order valence-electron chi connectivity index (χ2n) is 5.12. The second kappa shape index (κ2) is 4.78. The van der Waals surface area contributed by atoms with Crippen LogP contribution in [0.4, 0.5) is 0 Å². The highest BCUT2D eigenvalue weighted by Crippen LogP contribution is 2.28. The lowest BCUT2D eigenvalue weighted by Gasteiger charge is -2.29. The van der Waals surface area contributed by atoms with Crippen LogP contribution < -0.4 is 5.73 Å². The molecule has 92 valence electrons. The fourth-order valence-corrected chi connectivity index (χ4v) is 2.37. The maximum atomic E-state index is 5.98. The van der Waals surface area contributed by atoms with Crippen LogP contribution in [0.15, 0.2) is 29.3 Å². The first-order valence-corrected chi connectivity index (χ1v) is 6.21. The molecule has 0 aromatic heterocycles. The van der Waals surface area contributed by atoms with Crippen molar-refractivity contribution in [3.63, 3.8) is 0 Å². The Balaban J connectivity index is 2.25. The number of aryl methyl sites for hydroxylation is 1. The summed E-state index contributed by atoms with van der Waals surface area (Å²) in [6.45, 7) is 8.32. The van der Waals surface area contributed by atoms with Crippen LogP contribution in [0.3, 0.4) is 0 Å². The van der Waals surface area contributed by atoms with E-state index in [0.29, 0.717) is 17.9 Å². The van der Waals surface area contributed by atoms with Crippen LogP contribution in [-0.2, 0) is 0 Å². The van der Waals surface area contributed by atoms with Gasteiger partial charge in [0.25, 0.3) is 0 Å². The molecule has 0 spiro atoms. The Labute approximate surface area is 103 Å². The number of aliphatic imine (C=N–C) groups is 1. The van der Waals surface area contributed by atoms with Crippen molar-refractivity contribution in [3.8, 4) is 0 Å². The van der Waals surface area contributed by atoms with E-state index in [1.165, 1.54) is 11.1 Å². The van der Waals surface area contributed by atoms with Crippen LogP contribution in [0.25, 0.3) is 0 Å². The lowest BCUT2D eigenvalue weighted by molar-refractivity contribution is 0.308. The number of hydrogen-bond acceptors (Lipinski definition) is 3. The van der Waals surface area contributed by atoms with E-state index in [4.69, 9.17) is 5.73 Å². The first-order valence-electron chi connectivity index (χ1n) is 6.21.